The van der Waals surface area contributed by atoms with Gasteiger partial charge in [0.2, 0.25) is 0 Å². The van der Waals surface area contributed by atoms with Crippen molar-refractivity contribution in [3.8, 4) is 11.8 Å². The lowest BCUT2D eigenvalue weighted by Crippen LogP contribution is -2.03. The molecular weight excluding hydrogens is 299 g/mol. The van der Waals surface area contributed by atoms with Crippen LogP contribution >= 0.6 is 11.3 Å². The Labute approximate surface area is 123 Å². The molecule has 0 aliphatic carbocycles. The predicted molar refractivity (Wildman–Crippen MR) is 76.0 cm³/mol. The number of ether oxygens (including phenoxy) is 1. The summed E-state index contributed by atoms with van der Waals surface area (Å²) in [6, 6.07) is 6.87. The average Bonchev–Trinajstić information content (AvgIpc) is 2.86. The number of nitriles is 1. The second kappa shape index (κ2) is 6.02. The zero-order chi connectivity index (χ0) is 15.5. The second-order valence-electron chi connectivity index (χ2n) is 4.11. The molecule has 2 rings (SSSR count). The molecule has 0 saturated heterocycles. The van der Waals surface area contributed by atoms with Gasteiger partial charge >= 0.3 is 6.18 Å². The van der Waals surface area contributed by atoms with Crippen molar-refractivity contribution in [3.63, 3.8) is 0 Å². The fraction of sp³-hybridized carbons (Fsp3) is 0.133. The Bertz CT molecular complexity index is 693. The van der Waals surface area contributed by atoms with E-state index in [1.165, 1.54) is 30.6 Å². The number of nitrogens with zero attached hydrogens (tertiary/aromatic N) is 1. The zero-order valence-corrected chi connectivity index (χ0v) is 11.8. The Morgan fingerprint density at radius 2 is 1.86 bits per heavy atom. The maximum absolute atomic E-state index is 12.4. The van der Waals surface area contributed by atoms with Gasteiger partial charge in [0.05, 0.1) is 17.6 Å². The highest BCUT2D eigenvalue weighted by molar-refractivity contribution is 7.11. The molecule has 0 radical (unpaired) electrons. The molecule has 0 N–H and O–H groups in total. The Hall–Kier alpha value is -2.26. The highest BCUT2D eigenvalue weighted by Gasteiger charge is 2.29. The highest BCUT2D eigenvalue weighted by atomic mass is 32.1. The van der Waals surface area contributed by atoms with E-state index < -0.39 is 11.7 Å². The molecule has 0 fully saturated rings. The van der Waals surface area contributed by atoms with E-state index >= 15 is 0 Å². The van der Waals surface area contributed by atoms with Crippen LogP contribution < -0.4 is 4.74 Å². The van der Waals surface area contributed by atoms with Crippen LogP contribution in [0.1, 0.15) is 21.6 Å². The summed E-state index contributed by atoms with van der Waals surface area (Å²) in [4.78, 5) is 0.744. The van der Waals surface area contributed by atoms with Crippen molar-refractivity contribution in [2.75, 3.05) is 7.11 Å². The van der Waals surface area contributed by atoms with Crippen molar-refractivity contribution in [3.05, 3.63) is 51.2 Å². The van der Waals surface area contributed by atoms with E-state index in [0.717, 1.165) is 17.0 Å². The summed E-state index contributed by atoms with van der Waals surface area (Å²) in [6.07, 6.45) is -0.941. The number of hydrogen-bond donors (Lipinski definition) is 0. The summed E-state index contributed by atoms with van der Waals surface area (Å²) in [5.41, 5.74) is 0.395. The number of benzene rings is 1. The molecule has 21 heavy (non-hydrogen) atoms. The zero-order valence-electron chi connectivity index (χ0n) is 10.9. The molecule has 2 aromatic rings. The van der Waals surface area contributed by atoms with Crippen LogP contribution in [0.15, 0.2) is 29.6 Å². The van der Waals surface area contributed by atoms with Crippen molar-refractivity contribution in [1.29, 1.82) is 5.26 Å². The first-order chi connectivity index (χ1) is 9.95. The van der Waals surface area contributed by atoms with Gasteiger partial charge in [0, 0.05) is 5.38 Å². The topological polar surface area (TPSA) is 33.0 Å². The first kappa shape index (κ1) is 15.1. The van der Waals surface area contributed by atoms with E-state index in [-0.39, 0.29) is 0 Å². The highest BCUT2D eigenvalue weighted by Crippen LogP contribution is 2.32. The van der Waals surface area contributed by atoms with Crippen molar-refractivity contribution in [1.82, 2.24) is 0 Å². The van der Waals surface area contributed by atoms with Gasteiger partial charge in [-0.3, -0.25) is 0 Å². The SMILES string of the molecule is COc1c(C#N)csc1/C=C/c1ccc(C(F)(F)F)cc1. The van der Waals surface area contributed by atoms with Crippen LogP contribution in [0.5, 0.6) is 5.75 Å². The van der Waals surface area contributed by atoms with E-state index in [2.05, 4.69) is 0 Å². The van der Waals surface area contributed by atoms with Gasteiger partial charge in [0.15, 0.2) is 5.75 Å². The smallest absolute Gasteiger partial charge is 0.416 e. The summed E-state index contributed by atoms with van der Waals surface area (Å²) in [5.74, 6) is 0.477. The van der Waals surface area contributed by atoms with Gasteiger partial charge in [-0.2, -0.15) is 18.4 Å². The monoisotopic (exact) mass is 309 g/mol. The number of hydrogen-bond acceptors (Lipinski definition) is 3. The summed E-state index contributed by atoms with van der Waals surface area (Å²) in [7, 11) is 1.47. The minimum atomic E-state index is -4.33. The number of alkyl halides is 3. The van der Waals surface area contributed by atoms with Gasteiger partial charge in [-0.15, -0.1) is 11.3 Å². The third-order valence-corrected chi connectivity index (χ3v) is 3.69. The van der Waals surface area contributed by atoms with Crippen LogP contribution in [-0.2, 0) is 6.18 Å². The molecule has 2 nitrogen and oxygen atoms in total. The lowest BCUT2D eigenvalue weighted by atomic mass is 10.1. The van der Waals surface area contributed by atoms with Crippen molar-refractivity contribution < 1.29 is 17.9 Å². The largest absolute Gasteiger partial charge is 0.494 e. The third-order valence-electron chi connectivity index (χ3n) is 2.76. The fourth-order valence-corrected chi connectivity index (χ4v) is 2.57. The molecule has 0 aliphatic heterocycles. The second-order valence-corrected chi connectivity index (χ2v) is 5.02. The first-order valence-corrected chi connectivity index (χ1v) is 6.74. The summed E-state index contributed by atoms with van der Waals surface area (Å²) in [6.45, 7) is 0. The maximum atomic E-state index is 12.4. The van der Waals surface area contributed by atoms with E-state index in [1.807, 2.05) is 6.07 Å². The molecule has 0 atom stereocenters. The Balaban J connectivity index is 2.22. The molecule has 1 aromatic carbocycles. The van der Waals surface area contributed by atoms with Gasteiger partial charge in [-0.25, -0.2) is 0 Å². The number of methoxy groups -OCH3 is 1. The van der Waals surface area contributed by atoms with Gasteiger partial charge in [-0.05, 0) is 23.8 Å². The molecule has 0 aliphatic rings. The van der Waals surface area contributed by atoms with E-state index in [9.17, 15) is 13.2 Å². The molecule has 1 aromatic heterocycles. The molecule has 0 saturated carbocycles. The summed E-state index contributed by atoms with van der Waals surface area (Å²) >= 11 is 1.34. The van der Waals surface area contributed by atoms with Crippen molar-refractivity contribution in [2.24, 2.45) is 0 Å². The molecule has 0 bridgehead atoms. The Morgan fingerprint density at radius 1 is 1.19 bits per heavy atom. The van der Waals surface area contributed by atoms with Crippen LogP contribution in [0.4, 0.5) is 13.2 Å². The molecular formula is C15H10F3NOS. The van der Waals surface area contributed by atoms with Crippen LogP contribution in [-0.4, -0.2) is 7.11 Å². The summed E-state index contributed by atoms with van der Waals surface area (Å²) < 4.78 is 42.5. The van der Waals surface area contributed by atoms with E-state index in [4.69, 9.17) is 10.00 Å². The molecule has 0 unspecified atom stereocenters. The Kier molecular flexibility index (Phi) is 4.34. The van der Waals surface area contributed by atoms with Gasteiger partial charge in [0.25, 0.3) is 0 Å². The molecule has 0 amide bonds. The van der Waals surface area contributed by atoms with Gasteiger partial charge in [-0.1, -0.05) is 18.2 Å². The lowest BCUT2D eigenvalue weighted by molar-refractivity contribution is -0.137. The molecule has 0 spiro atoms. The number of halogens is 3. The van der Waals surface area contributed by atoms with Gasteiger partial charge in [0.1, 0.15) is 11.6 Å². The molecule has 1 heterocycles. The average molecular weight is 309 g/mol. The fourth-order valence-electron chi connectivity index (χ4n) is 1.72. The lowest BCUT2D eigenvalue weighted by Gasteiger charge is -2.05. The van der Waals surface area contributed by atoms with E-state index in [0.29, 0.717) is 16.9 Å². The molecule has 6 heteroatoms. The molecule has 108 valence electrons. The Morgan fingerprint density at radius 3 is 2.38 bits per heavy atom. The van der Waals surface area contributed by atoms with Crippen molar-refractivity contribution >= 4 is 23.5 Å². The summed E-state index contributed by atoms with van der Waals surface area (Å²) in [5, 5.41) is 10.6. The third kappa shape index (κ3) is 3.44. The van der Waals surface area contributed by atoms with Crippen LogP contribution in [0, 0.1) is 11.3 Å². The van der Waals surface area contributed by atoms with Crippen LogP contribution in [0.2, 0.25) is 0 Å². The minimum absolute atomic E-state index is 0.439. The predicted octanol–water partition coefficient (Wildman–Crippen LogP) is 4.82. The maximum Gasteiger partial charge on any atom is 0.416 e. The van der Waals surface area contributed by atoms with Gasteiger partial charge < -0.3 is 4.74 Å². The van der Waals surface area contributed by atoms with Crippen LogP contribution in [0.3, 0.4) is 0 Å². The normalized spacial score (nSPS) is 11.6. The minimum Gasteiger partial charge on any atom is -0.494 e. The van der Waals surface area contributed by atoms with Crippen molar-refractivity contribution in [2.45, 2.75) is 6.18 Å². The first-order valence-electron chi connectivity index (χ1n) is 5.86. The standard InChI is InChI=1S/C15H10F3NOS/c1-20-14-11(8-19)9-21-13(14)7-4-10-2-5-12(6-3-10)15(16,17)18/h2-7,9H,1H3/b7-4+. The quantitative estimate of drug-likeness (QED) is 0.814. The van der Waals surface area contributed by atoms with Crippen LogP contribution in [0.25, 0.3) is 12.2 Å². The number of rotatable bonds is 3. The van der Waals surface area contributed by atoms with E-state index in [1.54, 1.807) is 17.5 Å². The number of thiophene rings is 1.